The van der Waals surface area contributed by atoms with Gasteiger partial charge >= 0.3 is 0 Å². The molecule has 0 radical (unpaired) electrons. The molecule has 0 aliphatic heterocycles. The Hall–Kier alpha value is -0.120. The SMILES string of the molecule is CCO[C@@H]1[C@H]2[C@H](C(C)C)CC[C@@H](C)[C@@]2(O)CC[C@@]1(C)O. The first-order chi connectivity index (χ1) is 9.24. The molecule has 2 fully saturated rings. The van der Waals surface area contributed by atoms with Crippen molar-refractivity contribution in [2.24, 2.45) is 23.7 Å². The molecule has 0 aromatic heterocycles. The van der Waals surface area contributed by atoms with Gasteiger partial charge in [-0.25, -0.2) is 0 Å². The predicted molar refractivity (Wildman–Crippen MR) is 80.4 cm³/mol. The van der Waals surface area contributed by atoms with Gasteiger partial charge in [-0.1, -0.05) is 20.8 Å². The summed E-state index contributed by atoms with van der Waals surface area (Å²) >= 11 is 0. The smallest absolute Gasteiger partial charge is 0.0917 e. The van der Waals surface area contributed by atoms with Crippen molar-refractivity contribution < 1.29 is 14.9 Å². The quantitative estimate of drug-likeness (QED) is 0.837. The van der Waals surface area contributed by atoms with Crippen LogP contribution in [0.1, 0.15) is 60.3 Å². The number of hydrogen-bond acceptors (Lipinski definition) is 3. The molecule has 0 unspecified atom stereocenters. The molecule has 3 nitrogen and oxygen atoms in total. The number of rotatable bonds is 3. The van der Waals surface area contributed by atoms with Gasteiger partial charge in [0.25, 0.3) is 0 Å². The molecule has 2 rings (SSSR count). The van der Waals surface area contributed by atoms with Gasteiger partial charge in [0.2, 0.25) is 0 Å². The first-order valence-corrected chi connectivity index (χ1v) is 8.30. The number of fused-ring (bicyclic) bond motifs is 1. The van der Waals surface area contributed by atoms with E-state index in [2.05, 4.69) is 20.8 Å². The highest BCUT2D eigenvalue weighted by atomic mass is 16.5. The minimum absolute atomic E-state index is 0.0509. The van der Waals surface area contributed by atoms with E-state index in [0.717, 1.165) is 12.8 Å². The second-order valence-electron chi connectivity index (χ2n) is 7.64. The Bertz CT molecular complexity index is 339. The van der Waals surface area contributed by atoms with Crippen molar-refractivity contribution >= 4 is 0 Å². The third-order valence-electron chi connectivity index (χ3n) is 6.00. The summed E-state index contributed by atoms with van der Waals surface area (Å²) < 4.78 is 5.95. The molecule has 6 atom stereocenters. The Morgan fingerprint density at radius 1 is 1.20 bits per heavy atom. The van der Waals surface area contributed by atoms with E-state index in [0.29, 0.717) is 37.2 Å². The molecule has 20 heavy (non-hydrogen) atoms. The zero-order valence-electron chi connectivity index (χ0n) is 13.7. The molecule has 0 aromatic rings. The minimum Gasteiger partial charge on any atom is -0.389 e. The first kappa shape index (κ1) is 16.3. The van der Waals surface area contributed by atoms with Crippen LogP contribution in [-0.2, 0) is 4.74 Å². The molecular formula is C17H32O3. The van der Waals surface area contributed by atoms with Crippen LogP contribution >= 0.6 is 0 Å². The summed E-state index contributed by atoms with van der Waals surface area (Å²) in [7, 11) is 0. The lowest BCUT2D eigenvalue weighted by molar-refractivity contribution is -0.249. The van der Waals surface area contributed by atoms with E-state index in [-0.39, 0.29) is 12.0 Å². The Balaban J connectivity index is 2.40. The standard InChI is InChI=1S/C17H32O3/c1-6-20-15-14-13(11(2)3)8-7-12(4)17(14,19)10-9-16(15,5)18/h11-15,18-19H,6-10H2,1-5H3/t12-,13+,14-,15-,16-,17+/m1/s1. The Morgan fingerprint density at radius 3 is 2.40 bits per heavy atom. The maximum atomic E-state index is 11.3. The summed E-state index contributed by atoms with van der Waals surface area (Å²) in [6.45, 7) is 11.1. The topological polar surface area (TPSA) is 49.7 Å². The summed E-state index contributed by atoms with van der Waals surface area (Å²) in [6.07, 6.45) is 3.28. The van der Waals surface area contributed by atoms with Crippen LogP contribution in [0.5, 0.6) is 0 Å². The van der Waals surface area contributed by atoms with Crippen LogP contribution in [0.3, 0.4) is 0 Å². The van der Waals surface area contributed by atoms with Crippen LogP contribution < -0.4 is 0 Å². The highest BCUT2D eigenvalue weighted by Gasteiger charge is 2.59. The van der Waals surface area contributed by atoms with E-state index in [9.17, 15) is 10.2 Å². The molecule has 0 amide bonds. The Labute approximate surface area is 123 Å². The summed E-state index contributed by atoms with van der Waals surface area (Å²) in [5, 5.41) is 22.1. The van der Waals surface area contributed by atoms with Gasteiger partial charge in [0, 0.05) is 12.5 Å². The first-order valence-electron chi connectivity index (χ1n) is 8.30. The van der Waals surface area contributed by atoms with Crippen molar-refractivity contribution in [3.05, 3.63) is 0 Å². The molecule has 2 aliphatic carbocycles. The van der Waals surface area contributed by atoms with Crippen molar-refractivity contribution in [3.8, 4) is 0 Å². The fourth-order valence-electron chi connectivity index (χ4n) is 4.66. The van der Waals surface area contributed by atoms with Gasteiger partial charge < -0.3 is 14.9 Å². The molecule has 3 heteroatoms. The Morgan fingerprint density at radius 2 is 1.85 bits per heavy atom. The van der Waals surface area contributed by atoms with Crippen LogP contribution in [0.2, 0.25) is 0 Å². The molecular weight excluding hydrogens is 252 g/mol. The molecule has 118 valence electrons. The van der Waals surface area contributed by atoms with Gasteiger partial charge in [-0.15, -0.1) is 0 Å². The summed E-state index contributed by atoms with van der Waals surface area (Å²) in [5.41, 5.74) is -1.49. The summed E-state index contributed by atoms with van der Waals surface area (Å²) in [6, 6.07) is 0. The van der Waals surface area contributed by atoms with Crippen molar-refractivity contribution in [1.82, 2.24) is 0 Å². The fourth-order valence-corrected chi connectivity index (χ4v) is 4.66. The molecule has 0 aromatic carbocycles. The fraction of sp³-hybridized carbons (Fsp3) is 1.00. The van der Waals surface area contributed by atoms with Crippen LogP contribution in [0, 0.1) is 23.7 Å². The lowest BCUT2D eigenvalue weighted by Crippen LogP contribution is -2.66. The molecule has 2 N–H and O–H groups in total. The zero-order chi connectivity index (χ0) is 15.1. The van der Waals surface area contributed by atoms with Crippen molar-refractivity contribution in [2.45, 2.75) is 77.6 Å². The van der Waals surface area contributed by atoms with E-state index in [1.165, 1.54) is 0 Å². The van der Waals surface area contributed by atoms with E-state index in [1.807, 2.05) is 13.8 Å². The van der Waals surface area contributed by atoms with Gasteiger partial charge in [0.15, 0.2) is 0 Å². The highest BCUT2D eigenvalue weighted by Crippen LogP contribution is 2.54. The number of aliphatic hydroxyl groups is 2. The summed E-state index contributed by atoms with van der Waals surface area (Å²) in [4.78, 5) is 0. The van der Waals surface area contributed by atoms with Gasteiger partial charge in [0.05, 0.1) is 17.3 Å². The maximum absolute atomic E-state index is 11.3. The van der Waals surface area contributed by atoms with E-state index in [4.69, 9.17) is 4.74 Å². The number of hydrogen-bond donors (Lipinski definition) is 2. The van der Waals surface area contributed by atoms with E-state index in [1.54, 1.807) is 0 Å². The van der Waals surface area contributed by atoms with E-state index >= 15 is 0 Å². The number of ether oxygens (including phenoxy) is 1. The van der Waals surface area contributed by atoms with E-state index < -0.39 is 11.2 Å². The zero-order valence-corrected chi connectivity index (χ0v) is 13.7. The lowest BCUT2D eigenvalue weighted by Gasteiger charge is -2.59. The van der Waals surface area contributed by atoms with Crippen LogP contribution in [0.15, 0.2) is 0 Å². The molecule has 0 bridgehead atoms. The molecule has 0 saturated heterocycles. The minimum atomic E-state index is -0.822. The second-order valence-corrected chi connectivity index (χ2v) is 7.64. The van der Waals surface area contributed by atoms with Crippen molar-refractivity contribution in [1.29, 1.82) is 0 Å². The molecule has 2 saturated carbocycles. The molecule has 0 spiro atoms. The molecule has 2 aliphatic rings. The van der Waals surface area contributed by atoms with Crippen LogP contribution in [-0.4, -0.2) is 34.1 Å². The third-order valence-corrected chi connectivity index (χ3v) is 6.00. The second kappa shape index (κ2) is 5.58. The molecule has 0 heterocycles. The van der Waals surface area contributed by atoms with Crippen molar-refractivity contribution in [3.63, 3.8) is 0 Å². The van der Waals surface area contributed by atoms with Crippen LogP contribution in [0.25, 0.3) is 0 Å². The predicted octanol–water partition coefficient (Wildman–Crippen LogP) is 2.99. The average molecular weight is 284 g/mol. The normalized spacial score (nSPS) is 49.2. The third kappa shape index (κ3) is 2.53. The highest BCUT2D eigenvalue weighted by molar-refractivity contribution is 5.10. The Kier molecular flexibility index (Phi) is 4.54. The maximum Gasteiger partial charge on any atom is 0.0917 e. The van der Waals surface area contributed by atoms with Gasteiger partial charge in [-0.3, -0.25) is 0 Å². The van der Waals surface area contributed by atoms with Crippen LogP contribution in [0.4, 0.5) is 0 Å². The van der Waals surface area contributed by atoms with Gasteiger partial charge in [-0.05, 0) is 57.3 Å². The largest absolute Gasteiger partial charge is 0.389 e. The van der Waals surface area contributed by atoms with Gasteiger partial charge in [-0.2, -0.15) is 0 Å². The van der Waals surface area contributed by atoms with Gasteiger partial charge in [0.1, 0.15) is 0 Å². The lowest BCUT2D eigenvalue weighted by atomic mass is 9.53. The monoisotopic (exact) mass is 284 g/mol. The summed E-state index contributed by atoms with van der Waals surface area (Å²) in [5.74, 6) is 1.28. The van der Waals surface area contributed by atoms with Crippen molar-refractivity contribution in [2.75, 3.05) is 6.61 Å². The average Bonchev–Trinajstić information content (AvgIpc) is 2.36.